The van der Waals surface area contributed by atoms with Gasteiger partial charge in [0.05, 0.1) is 0 Å². The summed E-state index contributed by atoms with van der Waals surface area (Å²) < 4.78 is 31.5. The monoisotopic (exact) mass is 338 g/mol. The molecule has 0 spiro atoms. The first-order valence-corrected chi connectivity index (χ1v) is 8.21. The molecule has 24 heavy (non-hydrogen) atoms. The number of hydrogen-bond donors (Lipinski definition) is 1. The van der Waals surface area contributed by atoms with Crippen molar-refractivity contribution in [1.82, 2.24) is 10.2 Å². The molecule has 2 amide bonds. The van der Waals surface area contributed by atoms with E-state index in [1.165, 1.54) is 6.07 Å². The van der Waals surface area contributed by atoms with Crippen LogP contribution in [0.4, 0.5) is 8.78 Å². The summed E-state index contributed by atoms with van der Waals surface area (Å²) in [4.78, 5) is 26.1. The minimum absolute atomic E-state index is 0.0258. The first kappa shape index (κ1) is 16.8. The lowest BCUT2D eigenvalue weighted by Crippen LogP contribution is -2.49. The highest BCUT2D eigenvalue weighted by Crippen LogP contribution is 2.18. The van der Waals surface area contributed by atoms with Gasteiger partial charge in [-0.1, -0.05) is 0 Å². The van der Waals surface area contributed by atoms with Crippen molar-refractivity contribution in [1.29, 1.82) is 0 Å². The average Bonchev–Trinajstić information content (AvgIpc) is 3.12. The van der Waals surface area contributed by atoms with E-state index >= 15 is 0 Å². The molecule has 7 heteroatoms. The molecular formula is C17H20F2N2O3. The van der Waals surface area contributed by atoms with E-state index in [-0.39, 0.29) is 23.6 Å². The Balaban J connectivity index is 1.50. The van der Waals surface area contributed by atoms with E-state index < -0.39 is 17.5 Å². The van der Waals surface area contributed by atoms with Gasteiger partial charge in [-0.15, -0.1) is 0 Å². The summed E-state index contributed by atoms with van der Waals surface area (Å²) in [5.41, 5.74) is 0.0896. The zero-order valence-electron chi connectivity index (χ0n) is 13.3. The number of ether oxygens (including phenoxy) is 1. The van der Waals surface area contributed by atoms with E-state index in [1.54, 1.807) is 4.90 Å². The lowest BCUT2D eigenvalue weighted by atomic mass is 10.0. The van der Waals surface area contributed by atoms with Crippen LogP contribution in [0, 0.1) is 11.6 Å². The van der Waals surface area contributed by atoms with Crippen LogP contribution in [-0.4, -0.2) is 48.6 Å². The molecule has 0 bridgehead atoms. The molecule has 1 aromatic carbocycles. The molecule has 2 aliphatic rings. The Morgan fingerprint density at radius 3 is 2.50 bits per heavy atom. The van der Waals surface area contributed by atoms with Crippen molar-refractivity contribution in [3.63, 3.8) is 0 Å². The number of likely N-dealkylation sites (tertiary alicyclic amines) is 1. The van der Waals surface area contributed by atoms with E-state index in [2.05, 4.69) is 5.32 Å². The molecule has 2 saturated heterocycles. The van der Waals surface area contributed by atoms with Crippen LogP contribution in [0.15, 0.2) is 18.2 Å². The molecule has 1 unspecified atom stereocenters. The van der Waals surface area contributed by atoms with Crippen molar-refractivity contribution < 1.29 is 23.1 Å². The molecule has 2 fully saturated rings. The van der Waals surface area contributed by atoms with Gasteiger partial charge in [0.25, 0.3) is 11.8 Å². The second-order valence-electron chi connectivity index (χ2n) is 6.20. The Morgan fingerprint density at radius 2 is 1.88 bits per heavy atom. The molecule has 0 aliphatic carbocycles. The van der Waals surface area contributed by atoms with Crippen LogP contribution < -0.4 is 5.32 Å². The molecule has 0 radical (unpaired) electrons. The van der Waals surface area contributed by atoms with E-state index in [9.17, 15) is 18.4 Å². The lowest BCUT2D eigenvalue weighted by molar-refractivity contribution is -0.142. The summed E-state index contributed by atoms with van der Waals surface area (Å²) >= 11 is 0. The van der Waals surface area contributed by atoms with Crippen molar-refractivity contribution in [2.24, 2.45) is 0 Å². The van der Waals surface area contributed by atoms with Crippen molar-refractivity contribution >= 4 is 11.8 Å². The number of carbonyl (C=O) groups is 2. The smallest absolute Gasteiger partial charge is 0.251 e. The van der Waals surface area contributed by atoms with E-state index in [4.69, 9.17) is 4.74 Å². The predicted molar refractivity (Wildman–Crippen MR) is 82.4 cm³/mol. The van der Waals surface area contributed by atoms with Crippen molar-refractivity contribution in [2.75, 3.05) is 19.7 Å². The van der Waals surface area contributed by atoms with Gasteiger partial charge in [0.1, 0.15) is 6.10 Å². The number of benzene rings is 1. The molecule has 5 nitrogen and oxygen atoms in total. The summed E-state index contributed by atoms with van der Waals surface area (Å²) in [5, 5.41) is 2.81. The molecule has 1 aromatic rings. The summed E-state index contributed by atoms with van der Waals surface area (Å²) in [6.07, 6.45) is 2.63. The van der Waals surface area contributed by atoms with Gasteiger partial charge in [0.2, 0.25) is 0 Å². The number of rotatable bonds is 3. The maximum absolute atomic E-state index is 13.2. The highest BCUT2D eigenvalue weighted by molar-refractivity contribution is 5.94. The molecular weight excluding hydrogens is 318 g/mol. The van der Waals surface area contributed by atoms with E-state index in [1.807, 2.05) is 0 Å². The largest absolute Gasteiger partial charge is 0.368 e. The van der Waals surface area contributed by atoms with Gasteiger partial charge < -0.3 is 15.0 Å². The minimum Gasteiger partial charge on any atom is -0.368 e. The number of hydrogen-bond acceptors (Lipinski definition) is 3. The van der Waals surface area contributed by atoms with Gasteiger partial charge >= 0.3 is 0 Å². The van der Waals surface area contributed by atoms with Crippen LogP contribution in [0.1, 0.15) is 36.0 Å². The average molecular weight is 338 g/mol. The van der Waals surface area contributed by atoms with Crippen LogP contribution in [-0.2, 0) is 9.53 Å². The van der Waals surface area contributed by atoms with Gasteiger partial charge in [0.15, 0.2) is 11.6 Å². The number of carbonyl (C=O) groups excluding carboxylic acids is 2. The van der Waals surface area contributed by atoms with Gasteiger partial charge in [-0.25, -0.2) is 8.78 Å². The molecule has 1 atom stereocenters. The van der Waals surface area contributed by atoms with Crippen LogP contribution in [0.2, 0.25) is 0 Å². The fourth-order valence-corrected chi connectivity index (χ4v) is 3.13. The zero-order chi connectivity index (χ0) is 17.1. The Hall–Kier alpha value is -2.02. The molecule has 2 aliphatic heterocycles. The van der Waals surface area contributed by atoms with Gasteiger partial charge in [-0.2, -0.15) is 0 Å². The number of halogens is 2. The van der Waals surface area contributed by atoms with Gasteiger partial charge in [-0.05, 0) is 43.9 Å². The number of nitrogens with zero attached hydrogens (tertiary/aromatic N) is 1. The van der Waals surface area contributed by atoms with E-state index in [0.29, 0.717) is 32.5 Å². The Labute approximate surface area is 139 Å². The first-order chi connectivity index (χ1) is 11.5. The maximum Gasteiger partial charge on any atom is 0.251 e. The number of amides is 2. The maximum atomic E-state index is 13.2. The highest BCUT2D eigenvalue weighted by Gasteiger charge is 2.31. The molecule has 0 aromatic heterocycles. The summed E-state index contributed by atoms with van der Waals surface area (Å²) in [6, 6.07) is 3.00. The summed E-state index contributed by atoms with van der Waals surface area (Å²) in [5.74, 6) is -2.43. The second-order valence-corrected chi connectivity index (χ2v) is 6.20. The topological polar surface area (TPSA) is 58.6 Å². The van der Waals surface area contributed by atoms with Gasteiger partial charge in [0, 0.05) is 31.3 Å². The number of nitrogens with one attached hydrogen (secondary N) is 1. The number of piperidine rings is 1. The van der Waals surface area contributed by atoms with Crippen molar-refractivity contribution in [3.8, 4) is 0 Å². The van der Waals surface area contributed by atoms with Gasteiger partial charge in [-0.3, -0.25) is 9.59 Å². The normalized spacial score (nSPS) is 21.8. The van der Waals surface area contributed by atoms with Crippen LogP contribution >= 0.6 is 0 Å². The predicted octanol–water partition coefficient (Wildman–Crippen LogP) is 1.86. The van der Waals surface area contributed by atoms with Crippen LogP contribution in [0.3, 0.4) is 0 Å². The Kier molecular flexibility index (Phi) is 5.08. The first-order valence-electron chi connectivity index (χ1n) is 8.21. The van der Waals surface area contributed by atoms with Crippen LogP contribution in [0.25, 0.3) is 0 Å². The minimum atomic E-state index is -1.04. The fraction of sp³-hybridized carbons (Fsp3) is 0.529. The van der Waals surface area contributed by atoms with Crippen LogP contribution in [0.5, 0.6) is 0 Å². The third-order valence-corrected chi connectivity index (χ3v) is 4.53. The molecule has 3 rings (SSSR count). The summed E-state index contributed by atoms with van der Waals surface area (Å²) in [7, 11) is 0. The zero-order valence-corrected chi connectivity index (χ0v) is 13.3. The molecule has 1 N–H and O–H groups in total. The fourth-order valence-electron chi connectivity index (χ4n) is 3.13. The molecule has 0 saturated carbocycles. The lowest BCUT2D eigenvalue weighted by Gasteiger charge is -2.33. The highest BCUT2D eigenvalue weighted by atomic mass is 19.2. The summed E-state index contributed by atoms with van der Waals surface area (Å²) in [6.45, 7) is 1.75. The third-order valence-electron chi connectivity index (χ3n) is 4.53. The quantitative estimate of drug-likeness (QED) is 0.915. The Morgan fingerprint density at radius 1 is 1.12 bits per heavy atom. The second kappa shape index (κ2) is 7.25. The van der Waals surface area contributed by atoms with Crippen molar-refractivity contribution in [3.05, 3.63) is 35.4 Å². The molecule has 2 heterocycles. The Bertz CT molecular complexity index is 624. The third kappa shape index (κ3) is 3.72. The SMILES string of the molecule is O=C(NC1CCN(C(=O)C2CCCO2)CC1)c1ccc(F)c(F)c1. The van der Waals surface area contributed by atoms with Crippen molar-refractivity contribution in [2.45, 2.75) is 37.8 Å². The van der Waals surface area contributed by atoms with E-state index in [0.717, 1.165) is 25.0 Å². The molecule has 130 valence electrons. The standard InChI is InChI=1S/C17H20F2N2O3/c18-13-4-3-11(10-14(13)19)16(22)20-12-5-7-21(8-6-12)17(23)15-2-1-9-24-15/h3-4,10,12,15H,1-2,5-9H2,(H,20,22).